The Bertz CT molecular complexity index is 1120. The number of aromatic amines is 1. The van der Waals surface area contributed by atoms with Gasteiger partial charge in [0.05, 0.1) is 11.7 Å². The van der Waals surface area contributed by atoms with E-state index in [0.29, 0.717) is 16.9 Å². The summed E-state index contributed by atoms with van der Waals surface area (Å²) in [6, 6.07) is 11.1. The van der Waals surface area contributed by atoms with Crippen molar-refractivity contribution in [1.29, 1.82) is 0 Å². The van der Waals surface area contributed by atoms with Crippen molar-refractivity contribution in [3.63, 3.8) is 0 Å². The van der Waals surface area contributed by atoms with Crippen LogP contribution in [-0.4, -0.2) is 27.8 Å². The molecule has 3 N–H and O–H groups in total. The fraction of sp³-hybridized carbons (Fsp3) is 0.190. The molecule has 4 rings (SSSR count). The SMILES string of the molecule is CC(C)(C)OC(=O)Nc1ccc2c(c1)C(=Cc1ccc3cn[nH]c3c1)C(=O)N2. The number of carbonyl (C=O) groups excluding carboxylic acids is 2. The van der Waals surface area contributed by atoms with Crippen molar-refractivity contribution in [3.05, 3.63) is 53.7 Å². The first-order valence-corrected chi connectivity index (χ1v) is 8.89. The molecule has 1 aliphatic heterocycles. The summed E-state index contributed by atoms with van der Waals surface area (Å²) in [5.74, 6) is -0.186. The molecule has 0 unspecified atom stereocenters. The Morgan fingerprint density at radius 3 is 2.79 bits per heavy atom. The molecule has 1 aliphatic rings. The first-order chi connectivity index (χ1) is 13.3. The number of H-pyrrole nitrogens is 1. The molecule has 28 heavy (non-hydrogen) atoms. The van der Waals surface area contributed by atoms with Crippen molar-refractivity contribution < 1.29 is 14.3 Å². The van der Waals surface area contributed by atoms with Crippen LogP contribution in [0.5, 0.6) is 0 Å². The molecule has 2 aromatic carbocycles. The summed E-state index contributed by atoms with van der Waals surface area (Å²) < 4.78 is 5.28. The zero-order valence-electron chi connectivity index (χ0n) is 15.8. The molecule has 7 heteroatoms. The second kappa shape index (κ2) is 6.53. The summed E-state index contributed by atoms with van der Waals surface area (Å²) in [5.41, 5.74) is 3.70. The molecule has 0 saturated carbocycles. The lowest BCUT2D eigenvalue weighted by Crippen LogP contribution is -2.27. The molecule has 0 spiro atoms. The second-order valence-electron chi connectivity index (χ2n) is 7.62. The van der Waals surface area contributed by atoms with Gasteiger partial charge in [-0.15, -0.1) is 0 Å². The molecule has 0 saturated heterocycles. The summed E-state index contributed by atoms with van der Waals surface area (Å²) >= 11 is 0. The van der Waals surface area contributed by atoms with Gasteiger partial charge in [0.1, 0.15) is 5.60 Å². The minimum Gasteiger partial charge on any atom is -0.444 e. The van der Waals surface area contributed by atoms with Crippen molar-refractivity contribution in [3.8, 4) is 0 Å². The predicted molar refractivity (Wildman–Crippen MR) is 109 cm³/mol. The van der Waals surface area contributed by atoms with E-state index in [1.165, 1.54) is 0 Å². The fourth-order valence-corrected chi connectivity index (χ4v) is 3.04. The van der Waals surface area contributed by atoms with Gasteiger partial charge in [0, 0.05) is 27.9 Å². The minimum absolute atomic E-state index is 0.186. The topological polar surface area (TPSA) is 96.1 Å². The number of hydrogen-bond acceptors (Lipinski definition) is 4. The number of amides is 2. The Labute approximate surface area is 161 Å². The van der Waals surface area contributed by atoms with Gasteiger partial charge in [-0.2, -0.15) is 5.10 Å². The Morgan fingerprint density at radius 2 is 2.00 bits per heavy atom. The first-order valence-electron chi connectivity index (χ1n) is 8.89. The third-order valence-electron chi connectivity index (χ3n) is 4.22. The molecule has 0 bridgehead atoms. The molecule has 0 atom stereocenters. The number of anilines is 2. The maximum atomic E-state index is 12.5. The van der Waals surface area contributed by atoms with Crippen molar-refractivity contribution in [2.24, 2.45) is 0 Å². The van der Waals surface area contributed by atoms with Crippen molar-refractivity contribution in [2.45, 2.75) is 26.4 Å². The van der Waals surface area contributed by atoms with Crippen LogP contribution in [0.2, 0.25) is 0 Å². The van der Waals surface area contributed by atoms with E-state index in [1.807, 2.05) is 24.3 Å². The average molecular weight is 376 g/mol. The lowest BCUT2D eigenvalue weighted by molar-refractivity contribution is -0.110. The van der Waals surface area contributed by atoms with Crippen molar-refractivity contribution in [2.75, 3.05) is 10.6 Å². The molecule has 2 amide bonds. The highest BCUT2D eigenvalue weighted by Gasteiger charge is 2.25. The highest BCUT2D eigenvalue weighted by molar-refractivity contribution is 6.35. The Morgan fingerprint density at radius 1 is 1.18 bits per heavy atom. The van der Waals surface area contributed by atoms with Crippen LogP contribution in [0, 0.1) is 0 Å². The predicted octanol–water partition coefficient (Wildman–Crippen LogP) is 4.40. The van der Waals surface area contributed by atoms with E-state index in [-0.39, 0.29) is 5.91 Å². The molecule has 3 aromatic rings. The smallest absolute Gasteiger partial charge is 0.412 e. The third-order valence-corrected chi connectivity index (χ3v) is 4.22. The van der Waals surface area contributed by atoms with E-state index in [2.05, 4.69) is 20.8 Å². The summed E-state index contributed by atoms with van der Waals surface area (Å²) in [6.07, 6.45) is 3.02. The summed E-state index contributed by atoms with van der Waals surface area (Å²) in [6.45, 7) is 5.40. The maximum Gasteiger partial charge on any atom is 0.412 e. The fourth-order valence-electron chi connectivity index (χ4n) is 3.04. The van der Waals surface area contributed by atoms with Crippen LogP contribution in [-0.2, 0) is 9.53 Å². The van der Waals surface area contributed by atoms with Crippen LogP contribution in [0.4, 0.5) is 16.2 Å². The van der Waals surface area contributed by atoms with Gasteiger partial charge >= 0.3 is 6.09 Å². The number of nitrogens with one attached hydrogen (secondary N) is 3. The monoisotopic (exact) mass is 376 g/mol. The molecule has 142 valence electrons. The molecular formula is C21H20N4O3. The number of benzene rings is 2. The first kappa shape index (κ1) is 17.8. The molecule has 0 radical (unpaired) electrons. The zero-order chi connectivity index (χ0) is 19.9. The number of fused-ring (bicyclic) bond motifs is 2. The van der Waals surface area contributed by atoms with Crippen LogP contribution in [0.15, 0.2) is 42.6 Å². The van der Waals surface area contributed by atoms with E-state index in [4.69, 9.17) is 4.74 Å². The molecule has 1 aromatic heterocycles. The van der Waals surface area contributed by atoms with Gasteiger partial charge in [0.2, 0.25) is 0 Å². The zero-order valence-corrected chi connectivity index (χ0v) is 15.8. The highest BCUT2D eigenvalue weighted by Crippen LogP contribution is 2.35. The number of carbonyl (C=O) groups is 2. The van der Waals surface area contributed by atoms with Crippen LogP contribution in [0.3, 0.4) is 0 Å². The average Bonchev–Trinajstić information content (AvgIpc) is 3.18. The molecule has 2 heterocycles. The van der Waals surface area contributed by atoms with E-state index >= 15 is 0 Å². The van der Waals surface area contributed by atoms with Gasteiger partial charge in [-0.1, -0.05) is 12.1 Å². The van der Waals surface area contributed by atoms with Crippen molar-refractivity contribution >= 4 is 45.9 Å². The van der Waals surface area contributed by atoms with E-state index in [9.17, 15) is 9.59 Å². The normalized spacial score (nSPS) is 14.8. The van der Waals surface area contributed by atoms with Gasteiger partial charge in [0.25, 0.3) is 5.91 Å². The van der Waals surface area contributed by atoms with Crippen LogP contribution >= 0.6 is 0 Å². The van der Waals surface area contributed by atoms with Crippen LogP contribution in [0.1, 0.15) is 31.9 Å². The molecular weight excluding hydrogens is 356 g/mol. The number of aromatic nitrogens is 2. The van der Waals surface area contributed by atoms with Crippen molar-refractivity contribution in [1.82, 2.24) is 10.2 Å². The largest absolute Gasteiger partial charge is 0.444 e. The lowest BCUT2D eigenvalue weighted by Gasteiger charge is -2.19. The van der Waals surface area contributed by atoms with E-state index < -0.39 is 11.7 Å². The minimum atomic E-state index is -0.589. The molecule has 0 fully saturated rings. The van der Waals surface area contributed by atoms with E-state index in [1.54, 1.807) is 45.2 Å². The number of rotatable bonds is 2. The Hall–Kier alpha value is -3.61. The summed E-state index contributed by atoms with van der Waals surface area (Å²) in [7, 11) is 0. The second-order valence-corrected chi connectivity index (χ2v) is 7.62. The number of ether oxygens (including phenoxy) is 1. The standard InChI is InChI=1S/C21H20N4O3/c1-21(2,3)28-20(27)23-14-6-7-17-15(10-14)16(19(26)24-17)8-12-4-5-13-11-22-25-18(13)9-12/h4-11H,1-3H3,(H,22,25)(H,23,27)(H,24,26). The van der Waals surface area contributed by atoms with Gasteiger partial charge < -0.3 is 10.1 Å². The van der Waals surface area contributed by atoms with E-state index in [0.717, 1.165) is 22.0 Å². The number of nitrogens with zero attached hydrogens (tertiary/aromatic N) is 1. The molecule has 0 aliphatic carbocycles. The Kier molecular flexibility index (Phi) is 4.15. The van der Waals surface area contributed by atoms with Gasteiger partial charge in [-0.05, 0) is 56.7 Å². The third kappa shape index (κ3) is 3.59. The van der Waals surface area contributed by atoms with Gasteiger partial charge in [-0.3, -0.25) is 15.2 Å². The Balaban J connectivity index is 1.65. The van der Waals surface area contributed by atoms with Crippen LogP contribution < -0.4 is 10.6 Å². The lowest BCUT2D eigenvalue weighted by atomic mass is 10.0. The van der Waals surface area contributed by atoms with Gasteiger partial charge in [-0.25, -0.2) is 4.79 Å². The maximum absolute atomic E-state index is 12.5. The van der Waals surface area contributed by atoms with Gasteiger partial charge in [0.15, 0.2) is 0 Å². The van der Waals surface area contributed by atoms with Crippen LogP contribution in [0.25, 0.3) is 22.6 Å². The number of hydrogen-bond donors (Lipinski definition) is 3. The quantitative estimate of drug-likeness (QED) is 0.578. The summed E-state index contributed by atoms with van der Waals surface area (Å²) in [5, 5.41) is 13.5. The summed E-state index contributed by atoms with van der Waals surface area (Å²) in [4.78, 5) is 24.5. The highest BCUT2D eigenvalue weighted by atomic mass is 16.6. The molecule has 7 nitrogen and oxygen atoms in total.